The van der Waals surface area contributed by atoms with Gasteiger partial charge in [0, 0.05) is 5.69 Å². The largest absolute Gasteiger partial charge is 0.481 e. The van der Waals surface area contributed by atoms with Gasteiger partial charge >= 0.3 is 0 Å². The number of hydrogen-bond acceptors (Lipinski definition) is 2. The lowest BCUT2D eigenvalue weighted by Crippen LogP contribution is -2.30. The first-order valence-corrected chi connectivity index (χ1v) is 8.01. The molecule has 0 saturated heterocycles. The van der Waals surface area contributed by atoms with Gasteiger partial charge in [-0.1, -0.05) is 38.1 Å². The average Bonchev–Trinajstić information content (AvgIpc) is 2.46. The Morgan fingerprint density at radius 3 is 2.22 bits per heavy atom. The van der Waals surface area contributed by atoms with E-state index >= 15 is 0 Å². The molecule has 0 aromatic heterocycles. The van der Waals surface area contributed by atoms with E-state index in [1.807, 2.05) is 50.2 Å². The number of carbonyl (C=O) groups excluding carboxylic acids is 1. The van der Waals surface area contributed by atoms with Gasteiger partial charge in [-0.3, -0.25) is 4.79 Å². The predicted molar refractivity (Wildman–Crippen MR) is 95.2 cm³/mol. The number of aryl methyl sites for hydroxylation is 2. The van der Waals surface area contributed by atoms with E-state index < -0.39 is 6.10 Å². The Morgan fingerprint density at radius 2 is 1.61 bits per heavy atom. The predicted octanol–water partition coefficient (Wildman–Crippen LogP) is 4.83. The minimum Gasteiger partial charge on any atom is -0.481 e. The summed E-state index contributed by atoms with van der Waals surface area (Å²) in [5.74, 6) is 0.932. The third-order valence-electron chi connectivity index (χ3n) is 3.72. The summed E-state index contributed by atoms with van der Waals surface area (Å²) in [6.45, 7) is 10.0. The standard InChI is InChI=1S/C20H25NO2/c1-13(2)18-8-6-7-9-19(18)21-20(22)16(5)23-17-11-14(3)10-15(4)12-17/h6-13,16H,1-5H3,(H,21,22)/t16-/m0/s1. The molecule has 1 amide bonds. The van der Waals surface area contributed by atoms with Crippen molar-refractivity contribution in [2.45, 2.75) is 46.6 Å². The van der Waals surface area contributed by atoms with Crippen molar-refractivity contribution in [2.75, 3.05) is 5.32 Å². The highest BCUT2D eigenvalue weighted by Gasteiger charge is 2.17. The van der Waals surface area contributed by atoms with Crippen LogP contribution in [0.25, 0.3) is 0 Å². The van der Waals surface area contributed by atoms with Crippen LogP contribution in [0.5, 0.6) is 5.75 Å². The van der Waals surface area contributed by atoms with Crippen LogP contribution in [-0.2, 0) is 4.79 Å². The van der Waals surface area contributed by atoms with Gasteiger partial charge in [0.25, 0.3) is 5.91 Å². The van der Waals surface area contributed by atoms with Crippen LogP contribution < -0.4 is 10.1 Å². The Morgan fingerprint density at radius 1 is 1.00 bits per heavy atom. The summed E-state index contributed by atoms with van der Waals surface area (Å²) in [5.41, 5.74) is 4.22. The molecule has 0 spiro atoms. The van der Waals surface area contributed by atoms with Crippen molar-refractivity contribution in [3.63, 3.8) is 0 Å². The number of ether oxygens (including phenoxy) is 1. The van der Waals surface area contributed by atoms with E-state index in [0.29, 0.717) is 5.92 Å². The lowest BCUT2D eigenvalue weighted by molar-refractivity contribution is -0.122. The first-order chi connectivity index (χ1) is 10.9. The molecule has 1 atom stereocenters. The molecular formula is C20H25NO2. The lowest BCUT2D eigenvalue weighted by Gasteiger charge is -2.18. The summed E-state index contributed by atoms with van der Waals surface area (Å²) in [4.78, 5) is 12.4. The molecule has 0 saturated carbocycles. The van der Waals surface area contributed by atoms with E-state index in [0.717, 1.165) is 28.1 Å². The number of nitrogens with one attached hydrogen (secondary N) is 1. The van der Waals surface area contributed by atoms with E-state index in [2.05, 4.69) is 25.2 Å². The summed E-state index contributed by atoms with van der Waals surface area (Å²) in [6.07, 6.45) is -0.559. The van der Waals surface area contributed by atoms with Crippen LogP contribution in [0.1, 0.15) is 43.4 Å². The normalized spacial score (nSPS) is 12.1. The van der Waals surface area contributed by atoms with Gasteiger partial charge in [-0.05, 0) is 61.6 Å². The molecular weight excluding hydrogens is 286 g/mol. The molecule has 3 nitrogen and oxygen atoms in total. The zero-order valence-corrected chi connectivity index (χ0v) is 14.5. The van der Waals surface area contributed by atoms with Gasteiger partial charge in [0.2, 0.25) is 0 Å². The summed E-state index contributed by atoms with van der Waals surface area (Å²) in [6, 6.07) is 13.8. The van der Waals surface area contributed by atoms with Gasteiger partial charge in [-0.25, -0.2) is 0 Å². The SMILES string of the molecule is Cc1cc(C)cc(O[C@@H](C)C(=O)Nc2ccccc2C(C)C)c1. The van der Waals surface area contributed by atoms with Crippen LogP contribution in [0.2, 0.25) is 0 Å². The van der Waals surface area contributed by atoms with E-state index in [1.165, 1.54) is 0 Å². The van der Waals surface area contributed by atoms with Crippen LogP contribution in [-0.4, -0.2) is 12.0 Å². The quantitative estimate of drug-likeness (QED) is 0.858. The number of benzene rings is 2. The molecule has 0 aliphatic rings. The van der Waals surface area contributed by atoms with Crippen molar-refractivity contribution >= 4 is 11.6 Å². The van der Waals surface area contributed by atoms with Crippen molar-refractivity contribution in [2.24, 2.45) is 0 Å². The minimum atomic E-state index is -0.559. The molecule has 0 unspecified atom stereocenters. The second-order valence-electron chi connectivity index (χ2n) is 6.31. The first kappa shape index (κ1) is 17.1. The van der Waals surface area contributed by atoms with Crippen molar-refractivity contribution in [1.29, 1.82) is 0 Å². The number of carbonyl (C=O) groups is 1. The van der Waals surface area contributed by atoms with Gasteiger partial charge < -0.3 is 10.1 Å². The smallest absolute Gasteiger partial charge is 0.265 e. The van der Waals surface area contributed by atoms with Crippen molar-refractivity contribution in [3.05, 3.63) is 59.2 Å². The summed E-state index contributed by atoms with van der Waals surface area (Å²) >= 11 is 0. The van der Waals surface area contributed by atoms with Gasteiger partial charge in [0.15, 0.2) is 6.10 Å². The molecule has 3 heteroatoms. The highest BCUT2D eigenvalue weighted by Crippen LogP contribution is 2.24. The van der Waals surface area contributed by atoms with Gasteiger partial charge in [-0.15, -0.1) is 0 Å². The average molecular weight is 311 g/mol. The first-order valence-electron chi connectivity index (χ1n) is 8.01. The molecule has 23 heavy (non-hydrogen) atoms. The van der Waals surface area contributed by atoms with E-state index in [-0.39, 0.29) is 5.91 Å². The van der Waals surface area contributed by atoms with Crippen LogP contribution in [0, 0.1) is 13.8 Å². The molecule has 1 N–H and O–H groups in total. The second-order valence-corrected chi connectivity index (χ2v) is 6.31. The molecule has 0 aliphatic heterocycles. The molecule has 0 aliphatic carbocycles. The Bertz CT molecular complexity index is 672. The molecule has 2 rings (SSSR count). The number of anilines is 1. The Labute approximate surface area is 138 Å². The fourth-order valence-electron chi connectivity index (χ4n) is 2.61. The molecule has 122 valence electrons. The molecule has 2 aromatic carbocycles. The van der Waals surface area contributed by atoms with E-state index in [4.69, 9.17) is 4.74 Å². The zero-order valence-electron chi connectivity index (χ0n) is 14.5. The van der Waals surface area contributed by atoms with Crippen molar-refractivity contribution < 1.29 is 9.53 Å². The van der Waals surface area contributed by atoms with Crippen molar-refractivity contribution in [3.8, 4) is 5.75 Å². The molecule has 2 aromatic rings. The minimum absolute atomic E-state index is 0.141. The molecule has 0 heterocycles. The highest BCUT2D eigenvalue weighted by molar-refractivity contribution is 5.94. The summed E-state index contributed by atoms with van der Waals surface area (Å²) in [7, 11) is 0. The van der Waals surface area contributed by atoms with Crippen molar-refractivity contribution in [1.82, 2.24) is 0 Å². The Kier molecular flexibility index (Phi) is 5.43. The van der Waals surface area contributed by atoms with E-state index in [1.54, 1.807) is 6.92 Å². The summed E-state index contributed by atoms with van der Waals surface area (Å²) < 4.78 is 5.80. The van der Waals surface area contributed by atoms with Crippen LogP contribution in [0.4, 0.5) is 5.69 Å². The maximum Gasteiger partial charge on any atom is 0.265 e. The van der Waals surface area contributed by atoms with Gasteiger partial charge in [0.1, 0.15) is 5.75 Å². The number of para-hydroxylation sites is 1. The second kappa shape index (κ2) is 7.32. The number of rotatable bonds is 5. The maximum atomic E-state index is 12.4. The summed E-state index contributed by atoms with van der Waals surface area (Å²) in [5, 5.41) is 2.98. The maximum absolute atomic E-state index is 12.4. The third kappa shape index (κ3) is 4.59. The molecule has 0 radical (unpaired) electrons. The van der Waals surface area contributed by atoms with Crippen LogP contribution in [0.3, 0.4) is 0 Å². The number of hydrogen-bond donors (Lipinski definition) is 1. The Hall–Kier alpha value is -2.29. The molecule has 0 bridgehead atoms. The highest BCUT2D eigenvalue weighted by atomic mass is 16.5. The van der Waals surface area contributed by atoms with Gasteiger partial charge in [-0.2, -0.15) is 0 Å². The molecule has 0 fully saturated rings. The van der Waals surface area contributed by atoms with Crippen LogP contribution >= 0.6 is 0 Å². The topological polar surface area (TPSA) is 38.3 Å². The lowest BCUT2D eigenvalue weighted by atomic mass is 10.0. The fourth-order valence-corrected chi connectivity index (χ4v) is 2.61. The zero-order chi connectivity index (χ0) is 17.0. The number of amides is 1. The monoisotopic (exact) mass is 311 g/mol. The van der Waals surface area contributed by atoms with Crippen LogP contribution in [0.15, 0.2) is 42.5 Å². The fraction of sp³-hybridized carbons (Fsp3) is 0.350. The Balaban J connectivity index is 2.08. The van der Waals surface area contributed by atoms with E-state index in [9.17, 15) is 4.79 Å². The third-order valence-corrected chi connectivity index (χ3v) is 3.72. The van der Waals surface area contributed by atoms with Gasteiger partial charge in [0.05, 0.1) is 0 Å².